The summed E-state index contributed by atoms with van der Waals surface area (Å²) in [5.41, 5.74) is 0.0993. The average molecular weight is 252 g/mol. The molecule has 1 heterocycles. The molecule has 1 aromatic heterocycles. The molecule has 4 nitrogen and oxygen atoms in total. The fourth-order valence-electron chi connectivity index (χ4n) is 3.16. The van der Waals surface area contributed by atoms with Crippen molar-refractivity contribution in [2.24, 2.45) is 5.92 Å². The lowest BCUT2D eigenvalue weighted by Crippen LogP contribution is -2.35. The van der Waals surface area contributed by atoms with E-state index in [1.54, 1.807) is 13.3 Å². The van der Waals surface area contributed by atoms with E-state index in [4.69, 9.17) is 4.74 Å². The van der Waals surface area contributed by atoms with Gasteiger partial charge in [0.1, 0.15) is 11.3 Å². The lowest BCUT2D eigenvalue weighted by Gasteiger charge is -2.37. The van der Waals surface area contributed by atoms with Crippen molar-refractivity contribution in [2.75, 3.05) is 7.11 Å². The van der Waals surface area contributed by atoms with Crippen LogP contribution in [-0.2, 0) is 12.1 Å². The van der Waals surface area contributed by atoms with E-state index in [2.05, 4.69) is 12.0 Å². The van der Waals surface area contributed by atoms with Gasteiger partial charge in [-0.2, -0.15) is 5.10 Å². The van der Waals surface area contributed by atoms with E-state index in [9.17, 15) is 5.11 Å². The van der Waals surface area contributed by atoms with E-state index >= 15 is 0 Å². The molecule has 1 saturated carbocycles. The number of nitrogens with zero attached hydrogens (tertiary/aromatic N) is 2. The molecule has 1 aliphatic carbocycles. The zero-order valence-electron chi connectivity index (χ0n) is 11.6. The van der Waals surface area contributed by atoms with Crippen molar-refractivity contribution in [1.82, 2.24) is 9.78 Å². The number of methoxy groups -OCH3 is 1. The molecule has 0 bridgehead atoms. The van der Waals surface area contributed by atoms with Crippen LogP contribution in [0.2, 0.25) is 0 Å². The number of hydrogen-bond donors (Lipinski definition) is 1. The Hall–Kier alpha value is -1.03. The molecule has 2 atom stereocenters. The van der Waals surface area contributed by atoms with Crippen molar-refractivity contribution in [3.8, 4) is 5.75 Å². The number of aryl methyl sites for hydroxylation is 1. The van der Waals surface area contributed by atoms with Crippen molar-refractivity contribution < 1.29 is 9.84 Å². The van der Waals surface area contributed by atoms with Crippen LogP contribution in [0.25, 0.3) is 0 Å². The number of rotatable bonds is 4. The number of aromatic nitrogens is 2. The SMILES string of the molecule is CCC1CCCC(O)(c2c(OC)cnn2CC)C1. The van der Waals surface area contributed by atoms with Gasteiger partial charge in [-0.05, 0) is 32.1 Å². The van der Waals surface area contributed by atoms with Crippen LogP contribution in [0, 0.1) is 5.92 Å². The highest BCUT2D eigenvalue weighted by Crippen LogP contribution is 2.44. The summed E-state index contributed by atoms with van der Waals surface area (Å²) in [6, 6.07) is 0. The molecule has 1 aromatic rings. The van der Waals surface area contributed by atoms with Crippen molar-refractivity contribution in [3.63, 3.8) is 0 Å². The molecule has 1 aliphatic rings. The quantitative estimate of drug-likeness (QED) is 0.896. The third-order valence-corrected chi connectivity index (χ3v) is 4.17. The maximum Gasteiger partial charge on any atom is 0.162 e. The Morgan fingerprint density at radius 3 is 2.94 bits per heavy atom. The first-order valence-corrected chi connectivity index (χ1v) is 6.97. The van der Waals surface area contributed by atoms with Gasteiger partial charge < -0.3 is 9.84 Å². The fraction of sp³-hybridized carbons (Fsp3) is 0.786. The van der Waals surface area contributed by atoms with Crippen LogP contribution >= 0.6 is 0 Å². The first-order chi connectivity index (χ1) is 8.64. The number of aliphatic hydroxyl groups is 1. The van der Waals surface area contributed by atoms with Gasteiger partial charge >= 0.3 is 0 Å². The zero-order valence-corrected chi connectivity index (χ0v) is 11.6. The Labute approximate surface area is 109 Å². The fourth-order valence-corrected chi connectivity index (χ4v) is 3.16. The normalized spacial score (nSPS) is 28.3. The van der Waals surface area contributed by atoms with E-state index in [0.717, 1.165) is 43.7 Å². The molecular weight excluding hydrogens is 228 g/mol. The molecule has 2 unspecified atom stereocenters. The molecule has 0 aliphatic heterocycles. The minimum absolute atomic E-state index is 0.605. The topological polar surface area (TPSA) is 47.3 Å². The molecule has 4 heteroatoms. The first-order valence-electron chi connectivity index (χ1n) is 6.97. The molecule has 0 spiro atoms. The molecule has 1 fully saturated rings. The van der Waals surface area contributed by atoms with Crippen LogP contribution in [0.1, 0.15) is 51.6 Å². The second-order valence-electron chi connectivity index (χ2n) is 5.28. The highest BCUT2D eigenvalue weighted by molar-refractivity contribution is 5.31. The summed E-state index contributed by atoms with van der Waals surface area (Å²) >= 11 is 0. The van der Waals surface area contributed by atoms with Crippen LogP contribution in [0.4, 0.5) is 0 Å². The van der Waals surface area contributed by atoms with Gasteiger partial charge in [0.2, 0.25) is 0 Å². The van der Waals surface area contributed by atoms with E-state index < -0.39 is 5.60 Å². The molecule has 102 valence electrons. The van der Waals surface area contributed by atoms with Gasteiger partial charge in [-0.3, -0.25) is 4.68 Å². The molecule has 2 rings (SSSR count). The molecular formula is C14H24N2O2. The average Bonchev–Trinajstić information content (AvgIpc) is 2.82. The molecule has 1 N–H and O–H groups in total. The predicted molar refractivity (Wildman–Crippen MR) is 70.6 cm³/mol. The summed E-state index contributed by atoms with van der Waals surface area (Å²) < 4.78 is 7.24. The summed E-state index contributed by atoms with van der Waals surface area (Å²) in [6.07, 6.45) is 6.78. The van der Waals surface area contributed by atoms with E-state index in [1.165, 1.54) is 6.42 Å². The second kappa shape index (κ2) is 5.31. The highest BCUT2D eigenvalue weighted by atomic mass is 16.5. The lowest BCUT2D eigenvalue weighted by atomic mass is 9.75. The van der Waals surface area contributed by atoms with Crippen LogP contribution in [0.15, 0.2) is 6.20 Å². The molecule has 18 heavy (non-hydrogen) atoms. The minimum atomic E-state index is -0.767. The Morgan fingerprint density at radius 1 is 1.56 bits per heavy atom. The van der Waals surface area contributed by atoms with Gasteiger partial charge in [-0.25, -0.2) is 0 Å². The van der Waals surface area contributed by atoms with Crippen LogP contribution < -0.4 is 4.74 Å². The summed E-state index contributed by atoms with van der Waals surface area (Å²) in [6.45, 7) is 5.00. The predicted octanol–water partition coefficient (Wildman–Crippen LogP) is 2.70. The summed E-state index contributed by atoms with van der Waals surface area (Å²) in [4.78, 5) is 0. The van der Waals surface area contributed by atoms with Gasteiger partial charge in [0.15, 0.2) is 5.75 Å². The summed E-state index contributed by atoms with van der Waals surface area (Å²) in [5.74, 6) is 1.32. The van der Waals surface area contributed by atoms with Gasteiger partial charge in [0, 0.05) is 6.54 Å². The molecule has 0 amide bonds. The minimum Gasteiger partial charge on any atom is -0.493 e. The van der Waals surface area contributed by atoms with Crippen LogP contribution in [0.5, 0.6) is 5.75 Å². The van der Waals surface area contributed by atoms with E-state index in [-0.39, 0.29) is 0 Å². The first kappa shape index (κ1) is 13.4. The Morgan fingerprint density at radius 2 is 2.33 bits per heavy atom. The Balaban J connectivity index is 2.36. The summed E-state index contributed by atoms with van der Waals surface area (Å²) in [5, 5.41) is 15.3. The third kappa shape index (κ3) is 2.26. The Kier molecular flexibility index (Phi) is 3.95. The van der Waals surface area contributed by atoms with E-state index in [1.807, 2.05) is 11.6 Å². The zero-order chi connectivity index (χ0) is 13.2. The standard InChI is InChI=1S/C14H24N2O2/c1-4-11-7-6-8-14(17,9-11)13-12(18-3)10-15-16(13)5-2/h10-11,17H,4-9H2,1-3H3. The number of ether oxygens (including phenoxy) is 1. The smallest absolute Gasteiger partial charge is 0.162 e. The maximum absolute atomic E-state index is 11.0. The van der Waals surface area contributed by atoms with Crippen LogP contribution in [0.3, 0.4) is 0 Å². The van der Waals surface area contributed by atoms with Gasteiger partial charge in [0.05, 0.1) is 13.3 Å². The second-order valence-corrected chi connectivity index (χ2v) is 5.28. The Bertz CT molecular complexity index is 381. The molecule has 0 saturated heterocycles. The lowest BCUT2D eigenvalue weighted by molar-refractivity contribution is -0.0306. The highest BCUT2D eigenvalue weighted by Gasteiger charge is 2.40. The summed E-state index contributed by atoms with van der Waals surface area (Å²) in [7, 11) is 1.64. The third-order valence-electron chi connectivity index (χ3n) is 4.17. The molecule has 0 aromatic carbocycles. The van der Waals surface area contributed by atoms with Gasteiger partial charge in [0.25, 0.3) is 0 Å². The molecule has 0 radical (unpaired) electrons. The van der Waals surface area contributed by atoms with Crippen molar-refractivity contribution in [1.29, 1.82) is 0 Å². The maximum atomic E-state index is 11.0. The van der Waals surface area contributed by atoms with E-state index in [0.29, 0.717) is 5.92 Å². The van der Waals surface area contributed by atoms with Gasteiger partial charge in [-0.15, -0.1) is 0 Å². The van der Waals surface area contributed by atoms with Crippen LogP contribution in [-0.4, -0.2) is 22.0 Å². The number of hydrogen-bond acceptors (Lipinski definition) is 3. The van der Waals surface area contributed by atoms with Crippen molar-refractivity contribution in [2.45, 2.75) is 58.1 Å². The largest absolute Gasteiger partial charge is 0.493 e. The monoisotopic (exact) mass is 252 g/mol. The van der Waals surface area contributed by atoms with Crippen molar-refractivity contribution in [3.05, 3.63) is 11.9 Å². The van der Waals surface area contributed by atoms with Gasteiger partial charge in [-0.1, -0.05) is 19.8 Å². The van der Waals surface area contributed by atoms with Crippen molar-refractivity contribution >= 4 is 0 Å².